The smallest absolute Gasteiger partial charge is 0.233 e. The number of hydrogen-bond acceptors (Lipinski definition) is 3. The summed E-state index contributed by atoms with van der Waals surface area (Å²) < 4.78 is 0. The molecule has 0 spiro atoms. The third kappa shape index (κ3) is 4.94. The maximum absolute atomic E-state index is 11.3. The maximum Gasteiger partial charge on any atom is 0.233 e. The number of likely N-dealkylation sites (N-methyl/N-ethyl adjacent to an activating group) is 1. The van der Waals surface area contributed by atoms with Crippen LogP contribution in [0, 0.1) is 0 Å². The number of piperidine rings is 1. The summed E-state index contributed by atoms with van der Waals surface area (Å²) in [6.07, 6.45) is 4.88. The molecule has 4 heteroatoms. The van der Waals surface area contributed by atoms with E-state index in [-0.39, 0.29) is 5.91 Å². The van der Waals surface area contributed by atoms with E-state index in [0.717, 1.165) is 19.1 Å². The van der Waals surface area contributed by atoms with E-state index in [1.165, 1.54) is 38.8 Å². The van der Waals surface area contributed by atoms with Gasteiger partial charge in [0.1, 0.15) is 0 Å². The van der Waals surface area contributed by atoms with E-state index in [2.05, 4.69) is 29.0 Å². The number of nitrogens with one attached hydrogen (secondary N) is 1. The molecule has 18 heavy (non-hydrogen) atoms. The second kappa shape index (κ2) is 8.48. The molecule has 0 bridgehead atoms. The number of likely N-dealkylation sites (tertiary alicyclic amines) is 1. The fourth-order valence-corrected chi connectivity index (χ4v) is 2.78. The van der Waals surface area contributed by atoms with Crippen molar-refractivity contribution in [1.82, 2.24) is 15.1 Å². The SMILES string of the molecule is CCCN(CCC)C1CCN(CC(=O)NC)CC1. The summed E-state index contributed by atoms with van der Waals surface area (Å²) in [5, 5.41) is 2.70. The molecule has 0 aromatic carbocycles. The van der Waals surface area contributed by atoms with Crippen LogP contribution in [0.25, 0.3) is 0 Å². The van der Waals surface area contributed by atoms with E-state index in [4.69, 9.17) is 0 Å². The predicted molar refractivity (Wildman–Crippen MR) is 75.7 cm³/mol. The summed E-state index contributed by atoms with van der Waals surface area (Å²) >= 11 is 0. The number of carbonyl (C=O) groups excluding carboxylic acids is 1. The Bertz CT molecular complexity index is 231. The highest BCUT2D eigenvalue weighted by Gasteiger charge is 2.24. The molecular formula is C14H29N3O. The Balaban J connectivity index is 2.34. The Labute approximate surface area is 112 Å². The van der Waals surface area contributed by atoms with Crippen LogP contribution in [0.15, 0.2) is 0 Å². The molecule has 0 aliphatic carbocycles. The third-order valence-electron chi connectivity index (χ3n) is 3.74. The molecule has 1 saturated heterocycles. The fraction of sp³-hybridized carbons (Fsp3) is 0.929. The van der Waals surface area contributed by atoms with Gasteiger partial charge in [-0.15, -0.1) is 0 Å². The van der Waals surface area contributed by atoms with Crippen molar-refractivity contribution in [1.29, 1.82) is 0 Å². The van der Waals surface area contributed by atoms with Crippen molar-refractivity contribution in [2.45, 2.75) is 45.6 Å². The molecule has 1 heterocycles. The van der Waals surface area contributed by atoms with Gasteiger partial charge in [0.15, 0.2) is 0 Å². The van der Waals surface area contributed by atoms with Gasteiger partial charge in [-0.25, -0.2) is 0 Å². The van der Waals surface area contributed by atoms with Crippen LogP contribution in [0.3, 0.4) is 0 Å². The Hall–Kier alpha value is -0.610. The molecule has 0 radical (unpaired) electrons. The van der Waals surface area contributed by atoms with Gasteiger partial charge in [-0.3, -0.25) is 9.69 Å². The van der Waals surface area contributed by atoms with Crippen LogP contribution in [0.2, 0.25) is 0 Å². The number of hydrogen-bond donors (Lipinski definition) is 1. The zero-order valence-electron chi connectivity index (χ0n) is 12.2. The van der Waals surface area contributed by atoms with Crippen LogP contribution < -0.4 is 5.32 Å². The topological polar surface area (TPSA) is 35.6 Å². The molecule has 4 nitrogen and oxygen atoms in total. The lowest BCUT2D eigenvalue weighted by Crippen LogP contribution is -2.47. The first-order valence-electron chi connectivity index (χ1n) is 7.38. The van der Waals surface area contributed by atoms with Crippen molar-refractivity contribution in [3.05, 3.63) is 0 Å². The molecule has 0 saturated carbocycles. The number of rotatable bonds is 7. The van der Waals surface area contributed by atoms with Crippen molar-refractivity contribution in [3.8, 4) is 0 Å². The number of amides is 1. The Morgan fingerprint density at radius 3 is 2.22 bits per heavy atom. The lowest BCUT2D eigenvalue weighted by atomic mass is 10.0. The van der Waals surface area contributed by atoms with Gasteiger partial charge in [-0.1, -0.05) is 13.8 Å². The van der Waals surface area contributed by atoms with Crippen molar-refractivity contribution in [2.75, 3.05) is 39.8 Å². The summed E-state index contributed by atoms with van der Waals surface area (Å²) in [7, 11) is 1.71. The van der Waals surface area contributed by atoms with Gasteiger partial charge in [0.2, 0.25) is 5.91 Å². The van der Waals surface area contributed by atoms with Gasteiger partial charge in [0.25, 0.3) is 0 Å². The first-order chi connectivity index (χ1) is 8.71. The van der Waals surface area contributed by atoms with E-state index in [1.807, 2.05) is 0 Å². The quantitative estimate of drug-likeness (QED) is 0.745. The normalized spacial score (nSPS) is 18.2. The zero-order chi connectivity index (χ0) is 13.4. The van der Waals surface area contributed by atoms with Crippen LogP contribution in [0.4, 0.5) is 0 Å². The predicted octanol–water partition coefficient (Wildman–Crippen LogP) is 1.32. The molecule has 0 aromatic heterocycles. The minimum absolute atomic E-state index is 0.132. The molecule has 0 aromatic rings. The van der Waals surface area contributed by atoms with Gasteiger partial charge in [0.05, 0.1) is 6.54 Å². The standard InChI is InChI=1S/C14H29N3O/c1-4-8-17(9-5-2)13-6-10-16(11-7-13)12-14(18)15-3/h13H,4-12H2,1-3H3,(H,15,18). The van der Waals surface area contributed by atoms with Crippen molar-refractivity contribution in [2.24, 2.45) is 0 Å². The highest BCUT2D eigenvalue weighted by molar-refractivity contribution is 5.77. The molecule has 1 fully saturated rings. The van der Waals surface area contributed by atoms with Crippen LogP contribution in [0.5, 0.6) is 0 Å². The molecule has 1 aliphatic heterocycles. The highest BCUT2D eigenvalue weighted by atomic mass is 16.1. The van der Waals surface area contributed by atoms with E-state index < -0.39 is 0 Å². The molecule has 0 unspecified atom stereocenters. The lowest BCUT2D eigenvalue weighted by Gasteiger charge is -2.38. The Morgan fingerprint density at radius 2 is 1.78 bits per heavy atom. The average molecular weight is 255 g/mol. The van der Waals surface area contributed by atoms with Gasteiger partial charge < -0.3 is 10.2 Å². The summed E-state index contributed by atoms with van der Waals surface area (Å²) in [4.78, 5) is 16.2. The summed E-state index contributed by atoms with van der Waals surface area (Å²) in [5.41, 5.74) is 0. The number of carbonyl (C=O) groups is 1. The van der Waals surface area contributed by atoms with Gasteiger partial charge in [-0.2, -0.15) is 0 Å². The van der Waals surface area contributed by atoms with Crippen molar-refractivity contribution < 1.29 is 4.79 Å². The monoisotopic (exact) mass is 255 g/mol. The highest BCUT2D eigenvalue weighted by Crippen LogP contribution is 2.17. The van der Waals surface area contributed by atoms with Crippen LogP contribution in [0.1, 0.15) is 39.5 Å². The fourth-order valence-electron chi connectivity index (χ4n) is 2.78. The average Bonchev–Trinajstić information content (AvgIpc) is 2.39. The first-order valence-corrected chi connectivity index (χ1v) is 7.38. The van der Waals surface area contributed by atoms with Gasteiger partial charge in [-0.05, 0) is 38.8 Å². The second-order valence-corrected chi connectivity index (χ2v) is 5.22. The lowest BCUT2D eigenvalue weighted by molar-refractivity contribution is -0.122. The van der Waals surface area contributed by atoms with E-state index in [0.29, 0.717) is 6.54 Å². The first kappa shape index (κ1) is 15.4. The van der Waals surface area contributed by atoms with E-state index in [1.54, 1.807) is 7.05 Å². The summed E-state index contributed by atoms with van der Waals surface area (Å²) in [6, 6.07) is 0.728. The number of nitrogens with zero attached hydrogens (tertiary/aromatic N) is 2. The molecule has 1 N–H and O–H groups in total. The van der Waals surface area contributed by atoms with Crippen LogP contribution in [-0.4, -0.2) is 61.5 Å². The minimum atomic E-state index is 0.132. The summed E-state index contributed by atoms with van der Waals surface area (Å²) in [5.74, 6) is 0.132. The summed E-state index contributed by atoms with van der Waals surface area (Å²) in [6.45, 7) is 9.61. The molecule has 1 aliphatic rings. The molecular weight excluding hydrogens is 226 g/mol. The van der Waals surface area contributed by atoms with Crippen LogP contribution >= 0.6 is 0 Å². The Kier molecular flexibility index (Phi) is 7.28. The van der Waals surface area contributed by atoms with Crippen molar-refractivity contribution >= 4 is 5.91 Å². The largest absolute Gasteiger partial charge is 0.358 e. The van der Waals surface area contributed by atoms with Crippen molar-refractivity contribution in [3.63, 3.8) is 0 Å². The zero-order valence-corrected chi connectivity index (χ0v) is 12.2. The minimum Gasteiger partial charge on any atom is -0.358 e. The van der Waals surface area contributed by atoms with Gasteiger partial charge in [0, 0.05) is 26.2 Å². The maximum atomic E-state index is 11.3. The molecule has 0 atom stereocenters. The van der Waals surface area contributed by atoms with E-state index >= 15 is 0 Å². The second-order valence-electron chi connectivity index (χ2n) is 5.22. The molecule has 1 rings (SSSR count). The molecule has 106 valence electrons. The Morgan fingerprint density at radius 1 is 1.22 bits per heavy atom. The molecule has 1 amide bonds. The van der Waals surface area contributed by atoms with E-state index in [9.17, 15) is 4.79 Å². The van der Waals surface area contributed by atoms with Gasteiger partial charge >= 0.3 is 0 Å². The van der Waals surface area contributed by atoms with Crippen LogP contribution in [-0.2, 0) is 4.79 Å². The third-order valence-corrected chi connectivity index (χ3v) is 3.74.